The lowest BCUT2D eigenvalue weighted by Gasteiger charge is -2.34. The van der Waals surface area contributed by atoms with Crippen molar-refractivity contribution in [1.29, 1.82) is 0 Å². The molecule has 1 rings (SSSR count). The van der Waals surface area contributed by atoms with Crippen LogP contribution < -0.4 is 5.32 Å². The molecule has 0 amide bonds. The lowest BCUT2D eigenvalue weighted by molar-refractivity contribution is 0.0101. The van der Waals surface area contributed by atoms with Gasteiger partial charge in [-0.15, -0.1) is 0 Å². The topological polar surface area (TPSA) is 33.7 Å². The van der Waals surface area contributed by atoms with Crippen LogP contribution in [0.15, 0.2) is 0 Å². The van der Waals surface area contributed by atoms with Crippen molar-refractivity contribution in [3.8, 4) is 0 Å². The normalized spacial score (nSPS) is 20.6. The first-order valence-electron chi connectivity index (χ1n) is 6.86. The van der Waals surface area contributed by atoms with Gasteiger partial charge < -0.3 is 19.7 Å². The van der Waals surface area contributed by atoms with Crippen LogP contribution in [0.25, 0.3) is 0 Å². The maximum absolute atomic E-state index is 5.66. The number of likely N-dealkylation sites (N-methyl/N-ethyl adjacent to an activating group) is 1. The molecule has 1 N–H and O–H groups in total. The molecule has 1 unspecified atom stereocenters. The molecule has 1 saturated heterocycles. The average Bonchev–Trinajstić information content (AvgIpc) is 2.33. The first kappa shape index (κ1) is 14.9. The monoisotopic (exact) mass is 244 g/mol. The Bertz CT molecular complexity index is 176. The molecule has 0 saturated carbocycles. The van der Waals surface area contributed by atoms with Crippen molar-refractivity contribution in [2.24, 2.45) is 0 Å². The number of ether oxygens (including phenoxy) is 2. The summed E-state index contributed by atoms with van der Waals surface area (Å²) in [7, 11) is 1.77. The van der Waals surface area contributed by atoms with Crippen LogP contribution in [-0.2, 0) is 9.47 Å². The molecular formula is C13H28N2O2. The van der Waals surface area contributed by atoms with Crippen molar-refractivity contribution < 1.29 is 9.47 Å². The Morgan fingerprint density at radius 3 is 2.53 bits per heavy atom. The lowest BCUT2D eigenvalue weighted by Crippen LogP contribution is -2.47. The van der Waals surface area contributed by atoms with Gasteiger partial charge >= 0.3 is 0 Å². The molecule has 4 heteroatoms. The van der Waals surface area contributed by atoms with E-state index in [0.29, 0.717) is 12.1 Å². The molecule has 1 heterocycles. The predicted molar refractivity (Wildman–Crippen MR) is 70.4 cm³/mol. The summed E-state index contributed by atoms with van der Waals surface area (Å²) in [4.78, 5) is 2.52. The zero-order chi connectivity index (χ0) is 12.5. The largest absolute Gasteiger partial charge is 0.383 e. The quantitative estimate of drug-likeness (QED) is 0.693. The standard InChI is InChI=1S/C13H28N2O2/c1-4-14-12(11-16-3)10-15-8-6-13(7-9-15)17-5-2/h12-14H,4-11H2,1-3H3. The third kappa shape index (κ3) is 5.82. The number of hydrogen-bond acceptors (Lipinski definition) is 4. The van der Waals surface area contributed by atoms with E-state index in [1.165, 1.54) is 12.8 Å². The predicted octanol–water partition coefficient (Wildman–Crippen LogP) is 1.11. The van der Waals surface area contributed by atoms with Gasteiger partial charge in [-0.2, -0.15) is 0 Å². The first-order valence-corrected chi connectivity index (χ1v) is 6.86. The molecular weight excluding hydrogens is 216 g/mol. The summed E-state index contributed by atoms with van der Waals surface area (Å²) in [5.41, 5.74) is 0. The highest BCUT2D eigenvalue weighted by atomic mass is 16.5. The average molecular weight is 244 g/mol. The molecule has 0 aromatic heterocycles. The Morgan fingerprint density at radius 2 is 2.00 bits per heavy atom. The number of piperidine rings is 1. The highest BCUT2D eigenvalue weighted by Gasteiger charge is 2.21. The lowest BCUT2D eigenvalue weighted by atomic mass is 10.1. The third-order valence-electron chi connectivity index (χ3n) is 3.28. The molecule has 1 fully saturated rings. The highest BCUT2D eigenvalue weighted by molar-refractivity contribution is 4.77. The zero-order valence-electron chi connectivity index (χ0n) is 11.6. The second-order valence-corrected chi connectivity index (χ2v) is 4.67. The summed E-state index contributed by atoms with van der Waals surface area (Å²) in [6.45, 7) is 10.2. The smallest absolute Gasteiger partial charge is 0.0628 e. The van der Waals surface area contributed by atoms with E-state index in [1.807, 2.05) is 0 Å². The van der Waals surface area contributed by atoms with E-state index < -0.39 is 0 Å². The van der Waals surface area contributed by atoms with Crippen molar-refractivity contribution in [2.45, 2.75) is 38.8 Å². The van der Waals surface area contributed by atoms with Crippen LogP contribution in [0.3, 0.4) is 0 Å². The summed E-state index contributed by atoms with van der Waals surface area (Å²) in [5.74, 6) is 0. The number of rotatable bonds is 8. The van der Waals surface area contributed by atoms with E-state index in [0.717, 1.165) is 39.4 Å². The van der Waals surface area contributed by atoms with Crippen molar-refractivity contribution in [2.75, 3.05) is 46.5 Å². The van der Waals surface area contributed by atoms with Gasteiger partial charge in [0.15, 0.2) is 0 Å². The Hall–Kier alpha value is -0.160. The Morgan fingerprint density at radius 1 is 1.29 bits per heavy atom. The number of hydrogen-bond donors (Lipinski definition) is 1. The summed E-state index contributed by atoms with van der Waals surface area (Å²) in [5, 5.41) is 3.47. The summed E-state index contributed by atoms with van der Waals surface area (Å²) < 4.78 is 10.9. The van der Waals surface area contributed by atoms with Crippen molar-refractivity contribution >= 4 is 0 Å². The van der Waals surface area contributed by atoms with Crippen molar-refractivity contribution in [1.82, 2.24) is 10.2 Å². The number of nitrogens with one attached hydrogen (secondary N) is 1. The molecule has 1 atom stereocenters. The van der Waals surface area contributed by atoms with E-state index in [1.54, 1.807) is 7.11 Å². The molecule has 0 aromatic carbocycles. The minimum absolute atomic E-state index is 0.452. The number of methoxy groups -OCH3 is 1. The molecule has 0 aromatic rings. The van der Waals surface area contributed by atoms with Crippen molar-refractivity contribution in [3.05, 3.63) is 0 Å². The number of nitrogens with zero attached hydrogens (tertiary/aromatic N) is 1. The number of likely N-dealkylation sites (tertiary alicyclic amines) is 1. The van der Waals surface area contributed by atoms with Crippen LogP contribution in [0.2, 0.25) is 0 Å². The molecule has 0 spiro atoms. The minimum atomic E-state index is 0.452. The molecule has 0 radical (unpaired) electrons. The van der Waals surface area contributed by atoms with Crippen LogP contribution in [0.5, 0.6) is 0 Å². The molecule has 17 heavy (non-hydrogen) atoms. The minimum Gasteiger partial charge on any atom is -0.383 e. The maximum Gasteiger partial charge on any atom is 0.0628 e. The Kier molecular flexibility index (Phi) is 7.77. The van der Waals surface area contributed by atoms with Gasteiger partial charge in [0.05, 0.1) is 12.7 Å². The molecule has 102 valence electrons. The summed E-state index contributed by atoms with van der Waals surface area (Å²) in [6.07, 6.45) is 2.82. The third-order valence-corrected chi connectivity index (χ3v) is 3.28. The molecule has 0 aliphatic carbocycles. The summed E-state index contributed by atoms with van der Waals surface area (Å²) >= 11 is 0. The fourth-order valence-electron chi connectivity index (χ4n) is 2.47. The van der Waals surface area contributed by atoms with Gasteiger partial charge in [-0.25, -0.2) is 0 Å². The van der Waals surface area contributed by atoms with E-state index >= 15 is 0 Å². The fourth-order valence-corrected chi connectivity index (χ4v) is 2.47. The Balaban J connectivity index is 2.22. The van der Waals surface area contributed by atoms with Gasteiger partial charge in [0.2, 0.25) is 0 Å². The second kappa shape index (κ2) is 8.86. The summed E-state index contributed by atoms with van der Waals surface area (Å²) in [6, 6.07) is 0.452. The van der Waals surface area contributed by atoms with Gasteiger partial charge in [-0.1, -0.05) is 6.92 Å². The van der Waals surface area contributed by atoms with E-state index in [9.17, 15) is 0 Å². The van der Waals surface area contributed by atoms with Crippen LogP contribution in [0.1, 0.15) is 26.7 Å². The van der Waals surface area contributed by atoms with Crippen LogP contribution in [-0.4, -0.2) is 63.5 Å². The van der Waals surface area contributed by atoms with Crippen molar-refractivity contribution in [3.63, 3.8) is 0 Å². The van der Waals surface area contributed by atoms with Gasteiger partial charge in [-0.05, 0) is 26.3 Å². The van der Waals surface area contributed by atoms with Crippen LogP contribution in [0, 0.1) is 0 Å². The van der Waals surface area contributed by atoms with E-state index in [-0.39, 0.29) is 0 Å². The SMILES string of the molecule is CCNC(COC)CN1CCC(OCC)CC1. The van der Waals surface area contributed by atoms with Gasteiger partial charge in [0, 0.05) is 39.4 Å². The van der Waals surface area contributed by atoms with E-state index in [2.05, 4.69) is 24.1 Å². The highest BCUT2D eigenvalue weighted by Crippen LogP contribution is 2.13. The Labute approximate surface area is 106 Å². The zero-order valence-corrected chi connectivity index (χ0v) is 11.6. The van der Waals surface area contributed by atoms with Gasteiger partial charge in [0.25, 0.3) is 0 Å². The van der Waals surface area contributed by atoms with Crippen LogP contribution >= 0.6 is 0 Å². The van der Waals surface area contributed by atoms with Gasteiger partial charge in [-0.3, -0.25) is 0 Å². The molecule has 4 nitrogen and oxygen atoms in total. The molecule has 0 bridgehead atoms. The first-order chi connectivity index (χ1) is 8.30. The fraction of sp³-hybridized carbons (Fsp3) is 1.00. The molecule has 1 aliphatic rings. The maximum atomic E-state index is 5.66. The van der Waals surface area contributed by atoms with Crippen LogP contribution in [0.4, 0.5) is 0 Å². The molecule has 1 aliphatic heterocycles. The second-order valence-electron chi connectivity index (χ2n) is 4.67. The van der Waals surface area contributed by atoms with E-state index in [4.69, 9.17) is 9.47 Å². The van der Waals surface area contributed by atoms with Gasteiger partial charge in [0.1, 0.15) is 0 Å².